The summed E-state index contributed by atoms with van der Waals surface area (Å²) in [7, 11) is 1.49. The maximum Gasteiger partial charge on any atom is 0.230 e. The van der Waals surface area contributed by atoms with Gasteiger partial charge in [-0.2, -0.15) is 0 Å². The zero-order valence-corrected chi connectivity index (χ0v) is 25.2. The molecule has 236 valence electrons. The van der Waals surface area contributed by atoms with Gasteiger partial charge in [0.25, 0.3) is 0 Å². The quantitative estimate of drug-likeness (QED) is 0.204. The third-order valence-electron chi connectivity index (χ3n) is 6.96. The van der Waals surface area contributed by atoms with Crippen LogP contribution >= 0.6 is 12.2 Å². The van der Waals surface area contributed by atoms with Crippen LogP contribution in [0.15, 0.2) is 66.9 Å². The number of morpholine rings is 1. The smallest absolute Gasteiger partial charge is 0.230 e. The van der Waals surface area contributed by atoms with Gasteiger partial charge in [-0.15, -0.1) is 0 Å². The number of thiocarbonyl (C=S) groups is 1. The van der Waals surface area contributed by atoms with E-state index >= 15 is 4.39 Å². The molecule has 1 saturated heterocycles. The van der Waals surface area contributed by atoms with Crippen molar-refractivity contribution in [2.75, 3.05) is 51.9 Å². The minimum absolute atomic E-state index is 0.0553. The van der Waals surface area contributed by atoms with Crippen LogP contribution in [0, 0.1) is 11.6 Å². The largest absolute Gasteiger partial charge is 0.493 e. The Kier molecular flexibility index (Phi) is 10.7. The molecule has 4 aromatic rings. The number of fused-ring (bicyclic) bond motifs is 1. The van der Waals surface area contributed by atoms with Gasteiger partial charge in [-0.1, -0.05) is 18.2 Å². The Labute approximate surface area is 263 Å². The number of benzene rings is 3. The minimum atomic E-state index is -0.712. The van der Waals surface area contributed by atoms with Crippen LogP contribution in [0.1, 0.15) is 5.56 Å². The number of aliphatic hydroxyl groups excluding tert-OH is 1. The minimum Gasteiger partial charge on any atom is -0.493 e. The standard InChI is InChI=1S/C32H32F2N4O6S/c1-41-29-16-23-26(17-30(29)43-19-22(39)18-38-10-12-42-13-11-38)35-9-8-27(23)44-28-7-6-21(15-25(28)34)36-32(45)37-31(40)14-20-4-2-3-5-24(20)33/h2-9,15-17,22,39H,10-14,18-19H2,1H3,(H2,36,37,40,45). The highest BCUT2D eigenvalue weighted by Gasteiger charge is 2.18. The molecule has 1 aliphatic heterocycles. The summed E-state index contributed by atoms with van der Waals surface area (Å²) in [6.07, 6.45) is 0.610. The summed E-state index contributed by atoms with van der Waals surface area (Å²) in [6.45, 7) is 3.31. The molecule has 1 atom stereocenters. The highest BCUT2D eigenvalue weighted by Crippen LogP contribution is 2.38. The monoisotopic (exact) mass is 638 g/mol. The molecule has 5 rings (SSSR count). The molecule has 1 amide bonds. The number of anilines is 1. The number of hydrogen-bond donors (Lipinski definition) is 3. The highest BCUT2D eigenvalue weighted by atomic mass is 32.1. The van der Waals surface area contributed by atoms with Crippen molar-refractivity contribution in [2.24, 2.45) is 0 Å². The van der Waals surface area contributed by atoms with E-state index < -0.39 is 23.6 Å². The van der Waals surface area contributed by atoms with E-state index in [1.165, 1.54) is 49.7 Å². The number of halogens is 2. The maximum absolute atomic E-state index is 15.1. The molecule has 13 heteroatoms. The Hall–Kier alpha value is -4.43. The van der Waals surface area contributed by atoms with E-state index in [1.54, 1.807) is 24.3 Å². The van der Waals surface area contributed by atoms with Gasteiger partial charge in [0.1, 0.15) is 24.3 Å². The second-order valence-corrected chi connectivity index (χ2v) is 10.6. The van der Waals surface area contributed by atoms with Gasteiger partial charge in [0.05, 0.1) is 32.3 Å². The average Bonchev–Trinajstić information content (AvgIpc) is 3.02. The highest BCUT2D eigenvalue weighted by molar-refractivity contribution is 7.80. The zero-order valence-electron chi connectivity index (χ0n) is 24.4. The molecular weight excluding hydrogens is 606 g/mol. The number of methoxy groups -OCH3 is 1. The van der Waals surface area contributed by atoms with Gasteiger partial charge in [-0.05, 0) is 48.1 Å². The summed E-state index contributed by atoms with van der Waals surface area (Å²) in [6, 6.07) is 15.0. The van der Waals surface area contributed by atoms with Crippen molar-refractivity contribution in [3.63, 3.8) is 0 Å². The molecule has 0 radical (unpaired) electrons. The Balaban J connectivity index is 1.22. The lowest BCUT2D eigenvalue weighted by Crippen LogP contribution is -2.42. The topological polar surface area (TPSA) is 114 Å². The molecule has 2 heterocycles. The number of pyridine rings is 1. The Morgan fingerprint density at radius 1 is 1.04 bits per heavy atom. The molecule has 10 nitrogen and oxygen atoms in total. The molecule has 0 saturated carbocycles. The number of aromatic nitrogens is 1. The van der Waals surface area contributed by atoms with Crippen LogP contribution in [0.25, 0.3) is 10.9 Å². The second kappa shape index (κ2) is 15.0. The Morgan fingerprint density at radius 3 is 2.60 bits per heavy atom. The molecule has 3 N–H and O–H groups in total. The number of β-amino-alcohol motifs (C(OH)–C–C–N with tert-alkyl or cyclic N) is 1. The number of nitrogens with zero attached hydrogens (tertiary/aromatic N) is 2. The predicted octanol–water partition coefficient (Wildman–Crippen LogP) is 4.44. The molecule has 1 fully saturated rings. The van der Waals surface area contributed by atoms with Gasteiger partial charge in [0.2, 0.25) is 5.91 Å². The third-order valence-corrected chi connectivity index (χ3v) is 7.17. The molecule has 0 bridgehead atoms. The van der Waals surface area contributed by atoms with Crippen molar-refractivity contribution in [2.45, 2.75) is 12.5 Å². The van der Waals surface area contributed by atoms with E-state index in [0.29, 0.717) is 47.9 Å². The van der Waals surface area contributed by atoms with E-state index in [4.69, 9.17) is 31.2 Å². The number of nitrogens with one attached hydrogen (secondary N) is 2. The number of rotatable bonds is 11. The Morgan fingerprint density at radius 2 is 1.84 bits per heavy atom. The van der Waals surface area contributed by atoms with Crippen LogP contribution in [-0.2, 0) is 16.0 Å². The van der Waals surface area contributed by atoms with Crippen molar-refractivity contribution >= 4 is 39.8 Å². The van der Waals surface area contributed by atoms with Crippen LogP contribution in [0.5, 0.6) is 23.0 Å². The van der Waals surface area contributed by atoms with Crippen molar-refractivity contribution < 1.29 is 37.6 Å². The van der Waals surface area contributed by atoms with Crippen LogP contribution < -0.4 is 24.8 Å². The van der Waals surface area contributed by atoms with E-state index in [-0.39, 0.29) is 35.1 Å². The zero-order chi connectivity index (χ0) is 31.8. The normalized spacial score (nSPS) is 14.0. The molecule has 3 aromatic carbocycles. The van der Waals surface area contributed by atoms with Gasteiger partial charge in [0.15, 0.2) is 28.2 Å². The van der Waals surface area contributed by atoms with Gasteiger partial charge < -0.3 is 34.7 Å². The number of ether oxygens (including phenoxy) is 4. The lowest BCUT2D eigenvalue weighted by Gasteiger charge is -2.28. The fourth-order valence-electron chi connectivity index (χ4n) is 4.74. The first-order valence-corrected chi connectivity index (χ1v) is 14.6. The van der Waals surface area contributed by atoms with Gasteiger partial charge in [-0.3, -0.25) is 14.7 Å². The number of carbonyl (C=O) groups is 1. The first-order valence-electron chi connectivity index (χ1n) is 14.2. The SMILES string of the molecule is COc1cc2c(Oc3ccc(NC(=S)NC(=O)Cc4ccccc4F)cc3F)ccnc2cc1OCC(O)CN1CCOCC1. The fourth-order valence-corrected chi connectivity index (χ4v) is 4.97. The molecule has 1 unspecified atom stereocenters. The van der Waals surface area contributed by atoms with Crippen molar-refractivity contribution in [1.82, 2.24) is 15.2 Å². The van der Waals surface area contributed by atoms with Crippen LogP contribution in [0.2, 0.25) is 0 Å². The number of amides is 1. The molecule has 0 aliphatic carbocycles. The van der Waals surface area contributed by atoms with Crippen LogP contribution in [-0.4, -0.2) is 78.7 Å². The second-order valence-electron chi connectivity index (χ2n) is 10.2. The first kappa shape index (κ1) is 32.0. The summed E-state index contributed by atoms with van der Waals surface area (Å²) in [5.41, 5.74) is 1.02. The summed E-state index contributed by atoms with van der Waals surface area (Å²) >= 11 is 5.16. The predicted molar refractivity (Wildman–Crippen MR) is 168 cm³/mol. The molecule has 45 heavy (non-hydrogen) atoms. The van der Waals surface area contributed by atoms with E-state index in [9.17, 15) is 14.3 Å². The summed E-state index contributed by atoms with van der Waals surface area (Å²) < 4.78 is 51.6. The third kappa shape index (κ3) is 8.60. The first-order chi connectivity index (χ1) is 21.8. The van der Waals surface area contributed by atoms with E-state index in [0.717, 1.165) is 13.1 Å². The number of hydrogen-bond acceptors (Lipinski definition) is 9. The maximum atomic E-state index is 15.1. The molecule has 1 aromatic heterocycles. The number of aliphatic hydroxyl groups is 1. The van der Waals surface area contributed by atoms with Crippen molar-refractivity contribution in [3.05, 3.63) is 84.1 Å². The van der Waals surface area contributed by atoms with Crippen molar-refractivity contribution in [1.29, 1.82) is 0 Å². The van der Waals surface area contributed by atoms with Crippen molar-refractivity contribution in [3.8, 4) is 23.0 Å². The molecule has 1 aliphatic rings. The van der Waals surface area contributed by atoms with Gasteiger partial charge >= 0.3 is 0 Å². The Bertz CT molecular complexity index is 1670. The van der Waals surface area contributed by atoms with Crippen LogP contribution in [0.3, 0.4) is 0 Å². The van der Waals surface area contributed by atoms with Crippen LogP contribution in [0.4, 0.5) is 14.5 Å². The van der Waals surface area contributed by atoms with Gasteiger partial charge in [-0.25, -0.2) is 8.78 Å². The van der Waals surface area contributed by atoms with E-state index in [1.807, 2.05) is 0 Å². The fraction of sp³-hybridized carbons (Fsp3) is 0.281. The summed E-state index contributed by atoms with van der Waals surface area (Å²) in [5.74, 6) is -0.643. The summed E-state index contributed by atoms with van der Waals surface area (Å²) in [5, 5.41) is 16.2. The molecule has 0 spiro atoms. The number of carbonyl (C=O) groups excluding carboxylic acids is 1. The average molecular weight is 639 g/mol. The van der Waals surface area contributed by atoms with E-state index in [2.05, 4.69) is 20.5 Å². The lowest BCUT2D eigenvalue weighted by atomic mass is 10.1. The summed E-state index contributed by atoms with van der Waals surface area (Å²) in [4.78, 5) is 18.8. The molecular formula is C32H32F2N4O6S. The van der Waals surface area contributed by atoms with Gasteiger partial charge in [0, 0.05) is 49.0 Å². The lowest BCUT2D eigenvalue weighted by molar-refractivity contribution is -0.119.